The lowest BCUT2D eigenvalue weighted by Gasteiger charge is -2.53. The molecule has 3 unspecified atom stereocenters. The van der Waals surface area contributed by atoms with Gasteiger partial charge in [0.2, 0.25) is 0 Å². The molecule has 3 atom stereocenters. The van der Waals surface area contributed by atoms with Gasteiger partial charge in [-0.3, -0.25) is 0 Å². The third-order valence-corrected chi connectivity index (χ3v) is 28.1. The highest BCUT2D eigenvalue weighted by Crippen LogP contribution is 2.26. The predicted molar refractivity (Wildman–Crippen MR) is 206 cm³/mol. The molecule has 0 aliphatic heterocycles. The van der Waals surface area contributed by atoms with E-state index in [2.05, 4.69) is 101 Å². The molecule has 0 spiro atoms. The molecule has 0 saturated heterocycles. The van der Waals surface area contributed by atoms with Gasteiger partial charge in [0, 0.05) is 30.7 Å². The third-order valence-electron chi connectivity index (χ3n) is 7.54. The van der Waals surface area contributed by atoms with E-state index in [0.29, 0.717) is 0 Å². The fourth-order valence-corrected chi connectivity index (χ4v) is 30.9. The molecule has 0 aliphatic rings. The Hall–Kier alpha value is 1.14. The molecule has 0 radical (unpaired) electrons. The molecule has 0 saturated carbocycles. The fourth-order valence-electron chi connectivity index (χ4n) is 6.70. The quantitative estimate of drug-likeness (QED) is 0.147. The van der Waals surface area contributed by atoms with E-state index in [9.17, 15) is 0 Å². The zero-order chi connectivity index (χ0) is 31.0. The molecule has 0 bridgehead atoms. The molecular formula is C30H78N4Si6. The molecule has 0 fully saturated rings. The first-order chi connectivity index (χ1) is 18.7. The highest BCUT2D eigenvalue weighted by molar-refractivity contribution is 6.85. The third kappa shape index (κ3) is 16.8. The van der Waals surface area contributed by atoms with Crippen molar-refractivity contribution in [2.24, 2.45) is 35.5 Å². The first kappa shape index (κ1) is 41.1. The van der Waals surface area contributed by atoms with E-state index in [1.165, 1.54) is 106 Å². The van der Waals surface area contributed by atoms with Crippen molar-refractivity contribution in [1.29, 1.82) is 0 Å². The lowest BCUT2D eigenvalue weighted by molar-refractivity contribution is 0.295. The largest absolute Gasteiger partial charge is 0.339 e. The molecule has 4 nitrogen and oxygen atoms in total. The summed E-state index contributed by atoms with van der Waals surface area (Å²) in [4.78, 5) is 0. The van der Waals surface area contributed by atoms with Crippen LogP contribution in [0.4, 0.5) is 0 Å². The average Bonchev–Trinajstić information content (AvgIpc) is 2.79. The predicted octanol–water partition coefficient (Wildman–Crippen LogP) is 3.14. The smallest absolute Gasteiger partial charge is 0.177 e. The van der Waals surface area contributed by atoms with Gasteiger partial charge >= 0.3 is 0 Å². The van der Waals surface area contributed by atoms with Crippen LogP contribution < -0.4 is 0 Å². The molecule has 0 N–H and O–H groups in total. The molecule has 242 valence electrons. The summed E-state index contributed by atoms with van der Waals surface area (Å²) in [5.74, 6) is 4.54. The molecular weight excluding hydrogens is 585 g/mol. The van der Waals surface area contributed by atoms with Gasteiger partial charge in [-0.2, -0.15) is 0 Å². The maximum atomic E-state index is 3.59. The zero-order valence-electron chi connectivity index (χ0n) is 30.5. The Morgan fingerprint density at radius 1 is 0.375 bits per heavy atom. The Morgan fingerprint density at radius 3 is 0.675 bits per heavy atom. The Labute approximate surface area is 268 Å². The van der Waals surface area contributed by atoms with Gasteiger partial charge in [0.05, 0.1) is 0 Å². The van der Waals surface area contributed by atoms with E-state index >= 15 is 0 Å². The molecule has 0 aromatic rings. The molecule has 0 aliphatic carbocycles. The number of hydrogen-bond acceptors (Lipinski definition) is 4. The summed E-state index contributed by atoms with van der Waals surface area (Å²) in [6.45, 7) is 37.7. The second-order valence-corrected chi connectivity index (χ2v) is 28.9. The van der Waals surface area contributed by atoms with Gasteiger partial charge in [0.25, 0.3) is 0 Å². The van der Waals surface area contributed by atoms with E-state index in [1.54, 1.807) is 0 Å². The van der Waals surface area contributed by atoms with Crippen molar-refractivity contribution in [1.82, 2.24) is 17.6 Å². The van der Waals surface area contributed by atoms with Crippen molar-refractivity contribution < 1.29 is 0 Å². The summed E-state index contributed by atoms with van der Waals surface area (Å²) < 4.78 is 13.1. The van der Waals surface area contributed by atoms with Crippen LogP contribution in [0.1, 0.15) is 83.1 Å². The fraction of sp³-hybridized carbons (Fsp3) is 1.00. The van der Waals surface area contributed by atoms with Crippen molar-refractivity contribution >= 4 is 58.1 Å². The summed E-state index contributed by atoms with van der Waals surface area (Å²) in [6, 6.07) is 9.09. The van der Waals surface area contributed by atoms with E-state index in [4.69, 9.17) is 0 Å². The molecule has 0 amide bonds. The van der Waals surface area contributed by atoms with Crippen LogP contribution in [0.25, 0.3) is 0 Å². The van der Waals surface area contributed by atoms with Crippen LogP contribution in [0.2, 0.25) is 36.3 Å². The second kappa shape index (κ2) is 22.6. The van der Waals surface area contributed by atoms with Crippen LogP contribution in [-0.4, -0.2) is 115 Å². The SMILES string of the molecule is CC(C)CN(CC(C)C)[SiH](CC[SiH3])N([SiH](CC[SiH3])N(CC(C)C)CC(C)C)[SiH](CC[SiH3])N(CC(C)C)CC(C)C. The van der Waals surface area contributed by atoms with Gasteiger partial charge in [-0.1, -0.05) is 101 Å². The molecule has 0 aromatic heterocycles. The number of rotatable bonds is 24. The standard InChI is InChI=1S/C30H78N4Si6/c1-25(2)19-31(20-26(3)4)38(16-13-35)34(39(17-14-36)32(21-27(5)6)22-28(7)8)40(18-15-37)33(23-29(9)10)24-30(11)12/h25-30,38-40H,13-24H2,1-12,35-37H3. The lowest BCUT2D eigenvalue weighted by Crippen LogP contribution is -2.72. The lowest BCUT2D eigenvalue weighted by atomic mass is 10.2. The van der Waals surface area contributed by atoms with Crippen molar-refractivity contribution in [3.05, 3.63) is 0 Å². The van der Waals surface area contributed by atoms with Crippen LogP contribution in [0.3, 0.4) is 0 Å². The van der Waals surface area contributed by atoms with Crippen LogP contribution >= 0.6 is 0 Å². The summed E-state index contributed by atoms with van der Waals surface area (Å²) >= 11 is 0. The maximum absolute atomic E-state index is 3.59. The Balaban J connectivity index is 7.39. The normalized spacial score (nSPS) is 15.8. The van der Waals surface area contributed by atoms with Crippen molar-refractivity contribution in [2.45, 2.75) is 119 Å². The summed E-state index contributed by atoms with van der Waals surface area (Å²) in [7, 11) is 0.241. The molecule has 10 heteroatoms. The monoisotopic (exact) mass is 662 g/mol. The summed E-state index contributed by atoms with van der Waals surface area (Å²) in [5, 5.41) is 0. The Kier molecular flexibility index (Phi) is 23.3. The Morgan fingerprint density at radius 2 is 0.550 bits per heavy atom. The molecule has 0 rings (SSSR count). The first-order valence-electron chi connectivity index (χ1n) is 17.7. The second-order valence-electron chi connectivity index (χ2n) is 15.5. The highest BCUT2D eigenvalue weighted by Gasteiger charge is 2.42. The van der Waals surface area contributed by atoms with Crippen LogP contribution in [0.5, 0.6) is 0 Å². The maximum Gasteiger partial charge on any atom is 0.177 e. The minimum absolute atomic E-state index is 0.756. The topological polar surface area (TPSA) is 13.0 Å². The first-order valence-corrected chi connectivity index (χ1v) is 27.5. The van der Waals surface area contributed by atoms with Crippen molar-refractivity contribution in [3.8, 4) is 0 Å². The van der Waals surface area contributed by atoms with Gasteiger partial charge in [-0.05, 0) is 92.9 Å². The van der Waals surface area contributed by atoms with Crippen LogP contribution in [0.15, 0.2) is 0 Å². The van der Waals surface area contributed by atoms with Crippen LogP contribution in [-0.2, 0) is 0 Å². The number of nitrogens with zero attached hydrogens (tertiary/aromatic N) is 4. The van der Waals surface area contributed by atoms with Gasteiger partial charge in [0.15, 0.2) is 27.4 Å². The van der Waals surface area contributed by atoms with E-state index in [-0.39, 0.29) is 0 Å². The van der Waals surface area contributed by atoms with Crippen molar-refractivity contribution in [2.75, 3.05) is 39.3 Å². The summed E-state index contributed by atoms with van der Waals surface area (Å²) in [6.07, 6.45) is 0. The highest BCUT2D eigenvalue weighted by atomic mass is 28.4. The zero-order valence-corrected chi connectivity index (χ0v) is 39.9. The summed E-state index contributed by atoms with van der Waals surface area (Å²) in [5.41, 5.74) is 0. The van der Waals surface area contributed by atoms with Gasteiger partial charge in [-0.15, -0.1) is 0 Å². The molecule has 0 aromatic carbocycles. The number of hydrogen-bond donors (Lipinski definition) is 0. The average molecular weight is 663 g/mol. The van der Waals surface area contributed by atoms with Gasteiger partial charge in [0.1, 0.15) is 0 Å². The molecule has 40 heavy (non-hydrogen) atoms. The van der Waals surface area contributed by atoms with Gasteiger partial charge < -0.3 is 17.6 Å². The minimum atomic E-state index is -1.28. The minimum Gasteiger partial charge on any atom is -0.339 e. The molecule has 0 heterocycles. The van der Waals surface area contributed by atoms with Crippen molar-refractivity contribution in [3.63, 3.8) is 0 Å². The van der Waals surface area contributed by atoms with Crippen LogP contribution in [0, 0.1) is 35.5 Å². The van der Waals surface area contributed by atoms with Gasteiger partial charge in [-0.25, -0.2) is 0 Å². The van der Waals surface area contributed by atoms with E-state index in [1.807, 2.05) is 0 Å². The Bertz CT molecular complexity index is 498. The van der Waals surface area contributed by atoms with E-state index < -0.39 is 27.4 Å². The van der Waals surface area contributed by atoms with E-state index in [0.717, 1.165) is 35.5 Å².